The number of carbonyl (C=O) groups excluding carboxylic acids is 9. The van der Waals surface area contributed by atoms with Crippen LogP contribution in [0.15, 0.2) is 108 Å². The monoisotopic (exact) mass is 1340 g/mol. The summed E-state index contributed by atoms with van der Waals surface area (Å²) < 4.78 is 27.2. The second kappa shape index (κ2) is 33.5. The molecular weight excluding hydrogens is 1260 g/mol. The van der Waals surface area contributed by atoms with Crippen LogP contribution in [-0.4, -0.2) is 148 Å². The first-order valence-corrected chi connectivity index (χ1v) is 39.0. The van der Waals surface area contributed by atoms with E-state index in [0.29, 0.717) is 45.3 Å². The van der Waals surface area contributed by atoms with Crippen molar-refractivity contribution in [1.29, 1.82) is 0 Å². The van der Waals surface area contributed by atoms with Crippen LogP contribution in [0.25, 0.3) is 10.8 Å². The van der Waals surface area contributed by atoms with Gasteiger partial charge >= 0.3 is 227 Å². The van der Waals surface area contributed by atoms with E-state index >= 15 is 4.39 Å². The van der Waals surface area contributed by atoms with E-state index in [4.69, 9.17) is 10.5 Å². The quantitative estimate of drug-likeness (QED) is 0.0160. The summed E-state index contributed by atoms with van der Waals surface area (Å²) in [6, 6.07) is 22.5. The maximum atomic E-state index is 15.7. The van der Waals surface area contributed by atoms with Gasteiger partial charge in [-0.05, 0) is 55.4 Å². The number of amides is 9. The van der Waals surface area contributed by atoms with E-state index in [1.54, 1.807) is 72.2 Å². The first-order valence-electron chi connectivity index (χ1n) is 31.5. The van der Waals surface area contributed by atoms with Gasteiger partial charge in [-0.25, -0.2) is 9.59 Å². The standard InChI is InChI=1S/C55H58FN10O11.3C4H9.Sn/c1-34(2)48(61-45(67)16-8-9-26-65-46(68)23-24-47(65)69)50(71)60-43(15-10-25-58-54(57)75)49(70)59-38-20-17-35(18-21-38)33-77-55(76)66-53(74)40-14-7-6-13-39(40)44(62-66)32-36-19-22-42(56)41(31-36)52(73)64-29-27-63(28-30-64)51(72)37-11-4-3-5-12-37;3*1-3-4-2;/h3-4,6-7,11-14,17-24,31,34,43,48H,8-10,15-16,25-30,32-33H2,1-2H3,(H,59,70)(H,60,71)(H,61,67)(H3,57,58,75);3*1,3-4H2,2H3;/t43-,48-;;;;/m0..../s1. The fourth-order valence-electron chi connectivity index (χ4n) is 11.5. The van der Waals surface area contributed by atoms with Crippen molar-refractivity contribution >= 4 is 91.9 Å². The van der Waals surface area contributed by atoms with Crippen LogP contribution in [0.2, 0.25) is 13.3 Å². The zero-order chi connectivity index (χ0) is 64.9. The number of hydrogen-bond donors (Lipinski definition) is 5. The molecule has 0 saturated carbocycles. The molecule has 0 unspecified atom stereocenters. The predicted molar refractivity (Wildman–Crippen MR) is 344 cm³/mol. The van der Waals surface area contributed by atoms with Crippen molar-refractivity contribution in [3.63, 3.8) is 0 Å². The van der Waals surface area contributed by atoms with Gasteiger partial charge in [0, 0.05) is 49.2 Å². The molecule has 0 bridgehead atoms. The van der Waals surface area contributed by atoms with Crippen molar-refractivity contribution in [1.82, 2.24) is 40.4 Å². The Bertz CT molecular complexity index is 3450. The topological polar surface area (TPSA) is 282 Å². The van der Waals surface area contributed by atoms with Crippen molar-refractivity contribution < 1.29 is 52.3 Å². The predicted octanol–water partition coefficient (Wildman–Crippen LogP) is 8.07. The van der Waals surface area contributed by atoms with Crippen LogP contribution >= 0.6 is 0 Å². The molecule has 0 spiro atoms. The number of anilines is 1. The molecule has 1 saturated heterocycles. The average Bonchev–Trinajstić information content (AvgIpc) is 2.55. The van der Waals surface area contributed by atoms with E-state index in [1.807, 2.05) is 12.1 Å². The van der Waals surface area contributed by atoms with Crippen molar-refractivity contribution in [2.24, 2.45) is 11.7 Å². The van der Waals surface area contributed by atoms with Crippen LogP contribution < -0.4 is 36.1 Å². The van der Waals surface area contributed by atoms with E-state index in [-0.39, 0.29) is 94.1 Å². The molecule has 2 aliphatic rings. The molecule has 23 heteroatoms. The molecule has 2 aliphatic heterocycles. The number of piperazine rings is 1. The Labute approximate surface area is 528 Å². The van der Waals surface area contributed by atoms with Crippen molar-refractivity contribution in [3.05, 3.63) is 147 Å². The molecule has 1 fully saturated rings. The Balaban J connectivity index is 0.963. The molecule has 4 aromatic carbocycles. The minimum absolute atomic E-state index is 0.00244. The number of benzene rings is 4. The van der Waals surface area contributed by atoms with Gasteiger partial charge in [-0.2, -0.15) is 5.10 Å². The molecule has 480 valence electrons. The fourth-order valence-corrected chi connectivity index (χ4v) is 27.5. The minimum atomic E-state index is -2.82. The molecule has 7 rings (SSSR count). The molecule has 9 amide bonds. The summed E-state index contributed by atoms with van der Waals surface area (Å²) in [6.07, 6.45) is 9.43. The molecule has 0 aliphatic carbocycles. The second-order valence-electron chi connectivity index (χ2n) is 23.6. The van der Waals surface area contributed by atoms with Crippen LogP contribution in [0.1, 0.15) is 143 Å². The number of imide groups is 1. The Morgan fingerprint density at radius 3 is 1.93 bits per heavy atom. The zero-order valence-corrected chi connectivity index (χ0v) is 55.1. The van der Waals surface area contributed by atoms with Gasteiger partial charge in [-0.1, -0.05) is 50.2 Å². The molecule has 1 aromatic heterocycles. The number of unbranched alkanes of at least 4 members (excludes halogenated alkanes) is 4. The van der Waals surface area contributed by atoms with Gasteiger partial charge in [0.2, 0.25) is 17.7 Å². The summed E-state index contributed by atoms with van der Waals surface area (Å²) in [5, 5.41) is 15.7. The Kier molecular flexibility index (Phi) is 25.8. The summed E-state index contributed by atoms with van der Waals surface area (Å²) in [5.74, 6) is -4.20. The SMILES string of the molecule is CCC[CH2][Sn]([CH2]CCC)([CH2]CCC)[c]1cccc(C(=O)N2CCN(C(=O)c3cc(Cc4nn(C(=O)OCc5ccc(NC(=O)[C@H](CCCNC(N)=O)NC(=O)[C@@H](NC(=O)CCCCN6C(=O)C=CC6=O)C(C)C)cc5)c(=O)c5ccccc45)ccc3F)CC2)c1. The van der Waals surface area contributed by atoms with Crippen LogP contribution in [0.4, 0.5) is 19.7 Å². The summed E-state index contributed by atoms with van der Waals surface area (Å²) in [7, 11) is 0. The number of rotatable bonds is 31. The molecular formula is C67H85FN10O11Sn. The van der Waals surface area contributed by atoms with Crippen LogP contribution in [0.3, 0.4) is 0 Å². The van der Waals surface area contributed by atoms with Gasteiger partial charge in [0.05, 0.1) is 11.1 Å². The van der Waals surface area contributed by atoms with E-state index in [1.165, 1.54) is 66.5 Å². The van der Waals surface area contributed by atoms with E-state index in [9.17, 15) is 47.9 Å². The number of fused-ring (bicyclic) bond motifs is 1. The van der Waals surface area contributed by atoms with Crippen LogP contribution in [0, 0.1) is 11.7 Å². The van der Waals surface area contributed by atoms with E-state index in [2.05, 4.69) is 59.3 Å². The van der Waals surface area contributed by atoms with Crippen molar-refractivity contribution in [2.45, 2.75) is 144 Å². The number of carbonyl (C=O) groups is 9. The van der Waals surface area contributed by atoms with Gasteiger partial charge in [0.25, 0.3) is 17.4 Å². The first kappa shape index (κ1) is 69.2. The van der Waals surface area contributed by atoms with Crippen LogP contribution in [0.5, 0.6) is 0 Å². The van der Waals surface area contributed by atoms with Gasteiger partial charge in [-0.3, -0.25) is 33.7 Å². The maximum absolute atomic E-state index is 15.7. The molecule has 3 heterocycles. The first-order chi connectivity index (χ1) is 43.3. The van der Waals surface area contributed by atoms with Gasteiger partial charge < -0.3 is 31.7 Å². The third-order valence-electron chi connectivity index (χ3n) is 16.7. The van der Waals surface area contributed by atoms with Gasteiger partial charge in [0.1, 0.15) is 18.7 Å². The molecule has 21 nitrogen and oxygen atoms in total. The molecule has 6 N–H and O–H groups in total. The summed E-state index contributed by atoms with van der Waals surface area (Å²) in [5.41, 5.74) is 6.56. The van der Waals surface area contributed by atoms with E-state index in [0.717, 1.165) is 24.2 Å². The number of nitrogens with two attached hydrogens (primary N) is 1. The summed E-state index contributed by atoms with van der Waals surface area (Å²) >= 11 is -2.82. The Morgan fingerprint density at radius 1 is 0.689 bits per heavy atom. The number of halogens is 1. The zero-order valence-electron chi connectivity index (χ0n) is 52.3. The number of ether oxygens (including phenoxy) is 1. The summed E-state index contributed by atoms with van der Waals surface area (Å²) in [6.45, 7) is 11.2. The second-order valence-corrected chi connectivity index (χ2v) is 36.8. The Morgan fingerprint density at radius 2 is 1.31 bits per heavy atom. The number of aromatic nitrogens is 2. The van der Waals surface area contributed by atoms with Crippen LogP contribution in [-0.2, 0) is 41.7 Å². The Hall–Kier alpha value is -8.28. The number of hydrogen-bond acceptors (Lipinski definition) is 12. The molecule has 2 atom stereocenters. The number of nitrogens with one attached hydrogen (secondary N) is 4. The third kappa shape index (κ3) is 18.7. The summed E-state index contributed by atoms with van der Waals surface area (Å²) in [4.78, 5) is 136. The number of urea groups is 1. The average molecular weight is 1340 g/mol. The third-order valence-corrected chi connectivity index (χ3v) is 32.3. The molecule has 0 radical (unpaired) electrons. The van der Waals surface area contributed by atoms with E-state index < -0.39 is 95.3 Å². The van der Waals surface area contributed by atoms with Gasteiger partial charge in [0.15, 0.2) is 0 Å². The number of primary amides is 1. The molecule has 5 aromatic rings. The van der Waals surface area contributed by atoms with Crippen molar-refractivity contribution in [3.8, 4) is 0 Å². The normalized spacial score (nSPS) is 14.0. The molecule has 90 heavy (non-hydrogen) atoms. The van der Waals surface area contributed by atoms with Gasteiger partial charge in [-0.15, -0.1) is 4.68 Å². The number of nitrogens with zero attached hydrogens (tertiary/aromatic N) is 5. The fraction of sp³-hybridized carbons (Fsp3) is 0.448. The van der Waals surface area contributed by atoms with Crippen molar-refractivity contribution in [2.75, 3.05) is 44.6 Å².